The van der Waals surface area contributed by atoms with Gasteiger partial charge in [0, 0.05) is 6.20 Å². The highest BCUT2D eigenvalue weighted by Gasteiger charge is 2.67. The summed E-state index contributed by atoms with van der Waals surface area (Å²) in [6.07, 6.45) is -4.35. The van der Waals surface area contributed by atoms with E-state index in [1.165, 1.54) is 0 Å². The molecule has 3 atom stereocenters. The van der Waals surface area contributed by atoms with Crippen LogP contribution < -0.4 is 11.4 Å². The summed E-state index contributed by atoms with van der Waals surface area (Å²) in [5.41, 5.74) is 4.61. The number of alkyl halides is 3. The highest BCUT2D eigenvalue weighted by molar-refractivity contribution is 5.23. The quantitative estimate of drug-likeness (QED) is 0.407. The maximum Gasteiger partial charge on any atom is 0.323 e. The summed E-state index contributed by atoms with van der Waals surface area (Å²) >= 11 is 0. The van der Waals surface area contributed by atoms with Gasteiger partial charge in [0.2, 0.25) is 6.23 Å². The van der Waals surface area contributed by atoms with Crippen LogP contribution in [0, 0.1) is 0 Å². The molecule has 0 aromatic carbocycles. The van der Waals surface area contributed by atoms with Gasteiger partial charge in [-0.05, 0) is 11.2 Å². The Morgan fingerprint density at radius 3 is 2.65 bits per heavy atom. The summed E-state index contributed by atoms with van der Waals surface area (Å²) < 4.78 is 46.4. The predicted octanol–water partition coefficient (Wildman–Crippen LogP) is -1.06. The minimum absolute atomic E-state index is 0.135. The molecule has 0 radical (unpaired) electrons. The van der Waals surface area contributed by atoms with Gasteiger partial charge in [-0.3, -0.25) is 4.57 Å². The van der Waals surface area contributed by atoms with Gasteiger partial charge in [-0.15, -0.1) is 0 Å². The van der Waals surface area contributed by atoms with E-state index >= 15 is 0 Å². The van der Waals surface area contributed by atoms with Crippen molar-refractivity contribution < 1.29 is 33.3 Å². The zero-order valence-electron chi connectivity index (χ0n) is 9.82. The molecule has 0 saturated carbocycles. The van der Waals surface area contributed by atoms with Crippen molar-refractivity contribution in [3.63, 3.8) is 0 Å². The lowest BCUT2D eigenvalue weighted by Crippen LogP contribution is -2.46. The van der Waals surface area contributed by atoms with Crippen LogP contribution in [0.25, 0.3) is 0 Å². The third kappa shape index (κ3) is 1.99. The zero-order chi connectivity index (χ0) is 15.1. The van der Waals surface area contributed by atoms with Crippen molar-refractivity contribution in [3.8, 4) is 0 Å². The van der Waals surface area contributed by atoms with E-state index in [0.717, 1.165) is 12.3 Å². The molecule has 0 unspecified atom stereocenters. The number of hydrogen-bond acceptors (Lipinski definition) is 7. The van der Waals surface area contributed by atoms with Crippen LogP contribution in [0.4, 0.5) is 19.0 Å². The SMILES string of the molecule is Nc1ccn([C@@H]2O[C@](F)(CO)[C@@H](O)C2(F)F)/c(=N/O)n1. The van der Waals surface area contributed by atoms with E-state index in [1.807, 2.05) is 0 Å². The molecule has 11 heteroatoms. The van der Waals surface area contributed by atoms with E-state index in [1.54, 1.807) is 0 Å². The molecule has 2 heterocycles. The van der Waals surface area contributed by atoms with Crippen LogP contribution in [0.15, 0.2) is 17.4 Å². The number of hydrogen-bond donors (Lipinski definition) is 4. The molecule has 112 valence electrons. The van der Waals surface area contributed by atoms with E-state index < -0.39 is 36.3 Å². The third-order valence-electron chi connectivity index (χ3n) is 2.83. The number of aliphatic hydroxyl groups is 2. The van der Waals surface area contributed by atoms with Crippen molar-refractivity contribution in [2.45, 2.75) is 24.1 Å². The van der Waals surface area contributed by atoms with Crippen molar-refractivity contribution in [2.75, 3.05) is 12.3 Å². The topological polar surface area (TPSA) is 126 Å². The number of ether oxygens (including phenoxy) is 1. The van der Waals surface area contributed by atoms with Gasteiger partial charge >= 0.3 is 5.92 Å². The molecule has 5 N–H and O–H groups in total. The first-order valence-corrected chi connectivity index (χ1v) is 5.32. The maximum atomic E-state index is 13.9. The van der Waals surface area contributed by atoms with Crippen molar-refractivity contribution in [1.29, 1.82) is 0 Å². The number of nitrogens with two attached hydrogens (primary N) is 1. The van der Waals surface area contributed by atoms with E-state index in [0.29, 0.717) is 4.57 Å². The Kier molecular flexibility index (Phi) is 3.36. The number of anilines is 1. The Morgan fingerprint density at radius 2 is 2.15 bits per heavy atom. The number of halogens is 3. The summed E-state index contributed by atoms with van der Waals surface area (Å²) in [6.45, 7) is -1.48. The lowest BCUT2D eigenvalue weighted by molar-refractivity contribution is -0.207. The van der Waals surface area contributed by atoms with Gasteiger partial charge in [0.05, 0.1) is 0 Å². The minimum atomic E-state index is -4.10. The fourth-order valence-electron chi connectivity index (χ4n) is 1.81. The lowest BCUT2D eigenvalue weighted by atomic mass is 10.1. The Balaban J connectivity index is 2.54. The maximum absolute atomic E-state index is 13.9. The summed E-state index contributed by atoms with van der Waals surface area (Å²) in [5, 5.41) is 29.4. The third-order valence-corrected chi connectivity index (χ3v) is 2.83. The molecule has 1 aliphatic heterocycles. The van der Waals surface area contributed by atoms with Gasteiger partial charge in [-0.25, -0.2) is 4.39 Å². The normalized spacial score (nSPS) is 33.5. The molecule has 0 amide bonds. The van der Waals surface area contributed by atoms with E-state index in [4.69, 9.17) is 16.0 Å². The van der Waals surface area contributed by atoms with Gasteiger partial charge in [0.15, 0.2) is 6.10 Å². The predicted molar refractivity (Wildman–Crippen MR) is 56.0 cm³/mol. The second kappa shape index (κ2) is 4.61. The molecule has 1 aliphatic rings. The molecular weight excluding hydrogens is 285 g/mol. The highest BCUT2D eigenvalue weighted by Crippen LogP contribution is 2.47. The molecule has 2 rings (SSSR count). The van der Waals surface area contributed by atoms with Crippen LogP contribution in [-0.2, 0) is 4.74 Å². The van der Waals surface area contributed by atoms with Crippen LogP contribution in [-0.4, -0.2) is 49.5 Å². The van der Waals surface area contributed by atoms with Crippen molar-refractivity contribution >= 4 is 5.82 Å². The standard InChI is InChI=1S/C9H11F3N4O4/c10-8(3-17)5(18)9(11,12)6(20-8)16-2-1-4(13)14-7(16)15-19/h1-2,5-6,17-19H,3H2,(H2,13,14,15)/t5-,6-,8-/m1/s1. The fourth-order valence-corrected chi connectivity index (χ4v) is 1.81. The summed E-state index contributed by atoms with van der Waals surface area (Å²) in [7, 11) is 0. The molecule has 1 aromatic rings. The van der Waals surface area contributed by atoms with Crippen molar-refractivity contribution in [1.82, 2.24) is 9.55 Å². The molecule has 0 aliphatic carbocycles. The molecule has 1 fully saturated rings. The Hall–Kier alpha value is -1.85. The molecular formula is C9H11F3N4O4. The van der Waals surface area contributed by atoms with Crippen LogP contribution in [0.3, 0.4) is 0 Å². The van der Waals surface area contributed by atoms with Crippen LogP contribution in [0.1, 0.15) is 6.23 Å². The first-order chi connectivity index (χ1) is 9.26. The summed E-state index contributed by atoms with van der Waals surface area (Å²) in [6, 6.07) is 1.08. The first-order valence-electron chi connectivity index (χ1n) is 5.32. The number of rotatable bonds is 2. The Bertz CT molecular complexity index is 581. The highest BCUT2D eigenvalue weighted by atomic mass is 19.3. The molecule has 20 heavy (non-hydrogen) atoms. The molecule has 0 spiro atoms. The van der Waals surface area contributed by atoms with Crippen LogP contribution >= 0.6 is 0 Å². The Morgan fingerprint density at radius 1 is 1.50 bits per heavy atom. The lowest BCUT2D eigenvalue weighted by Gasteiger charge is -2.21. The van der Waals surface area contributed by atoms with Crippen molar-refractivity contribution in [2.24, 2.45) is 5.16 Å². The van der Waals surface area contributed by atoms with Gasteiger partial charge in [-0.1, -0.05) is 0 Å². The average molecular weight is 296 g/mol. The molecule has 0 bridgehead atoms. The monoisotopic (exact) mass is 296 g/mol. The molecule has 8 nitrogen and oxygen atoms in total. The number of nitrogen functional groups attached to an aromatic ring is 1. The number of aliphatic hydroxyl groups excluding tert-OH is 2. The average Bonchev–Trinajstić information content (AvgIpc) is 2.60. The minimum Gasteiger partial charge on any atom is -0.408 e. The Labute approximate surface area is 109 Å². The van der Waals surface area contributed by atoms with E-state index in [-0.39, 0.29) is 5.82 Å². The smallest absolute Gasteiger partial charge is 0.323 e. The molecule has 1 aromatic heterocycles. The second-order valence-electron chi connectivity index (χ2n) is 4.15. The first kappa shape index (κ1) is 14.6. The summed E-state index contributed by atoms with van der Waals surface area (Å²) in [4.78, 5) is 3.44. The largest absolute Gasteiger partial charge is 0.408 e. The van der Waals surface area contributed by atoms with Crippen molar-refractivity contribution in [3.05, 3.63) is 17.9 Å². The zero-order valence-corrected chi connectivity index (χ0v) is 9.82. The van der Waals surface area contributed by atoms with Gasteiger partial charge in [0.25, 0.3) is 11.5 Å². The summed E-state index contributed by atoms with van der Waals surface area (Å²) in [5.74, 6) is -7.58. The van der Waals surface area contributed by atoms with Gasteiger partial charge in [0.1, 0.15) is 12.4 Å². The number of aromatic nitrogens is 2. The van der Waals surface area contributed by atoms with Gasteiger partial charge in [-0.2, -0.15) is 13.8 Å². The van der Waals surface area contributed by atoms with E-state index in [9.17, 15) is 18.3 Å². The molecule has 1 saturated heterocycles. The second-order valence-corrected chi connectivity index (χ2v) is 4.15. The van der Waals surface area contributed by atoms with Gasteiger partial charge < -0.3 is 25.9 Å². The van der Waals surface area contributed by atoms with Crippen LogP contribution in [0.2, 0.25) is 0 Å². The fraction of sp³-hybridized carbons (Fsp3) is 0.556. The van der Waals surface area contributed by atoms with E-state index in [2.05, 4.69) is 14.9 Å². The number of nitrogens with zero attached hydrogens (tertiary/aromatic N) is 3. The van der Waals surface area contributed by atoms with Crippen LogP contribution in [0.5, 0.6) is 0 Å².